The summed E-state index contributed by atoms with van der Waals surface area (Å²) >= 11 is 0. The SMILES string of the molecule is Cc1c(C#N)nnc(N2CCc3ncc(-c4ccncc4)cc3C2)c1C. The number of pyridine rings is 2. The first-order chi connectivity index (χ1) is 12.7. The molecule has 0 atom stereocenters. The van der Waals surface area contributed by atoms with Crippen LogP contribution in [0.15, 0.2) is 36.8 Å². The maximum absolute atomic E-state index is 9.13. The van der Waals surface area contributed by atoms with Gasteiger partial charge in [-0.2, -0.15) is 5.26 Å². The molecule has 0 aliphatic carbocycles. The van der Waals surface area contributed by atoms with Crippen molar-refractivity contribution in [1.82, 2.24) is 20.2 Å². The van der Waals surface area contributed by atoms with Gasteiger partial charge in [0.2, 0.25) is 0 Å². The minimum atomic E-state index is 0.394. The lowest BCUT2D eigenvalue weighted by molar-refractivity contribution is 0.692. The molecular formula is C20H18N6. The molecule has 0 spiro atoms. The molecule has 0 bridgehead atoms. The van der Waals surface area contributed by atoms with Crippen LogP contribution in [-0.4, -0.2) is 26.7 Å². The topological polar surface area (TPSA) is 78.6 Å². The minimum absolute atomic E-state index is 0.394. The molecule has 0 amide bonds. The fourth-order valence-corrected chi connectivity index (χ4v) is 3.31. The monoisotopic (exact) mass is 342 g/mol. The molecule has 4 heterocycles. The molecule has 1 aliphatic heterocycles. The summed E-state index contributed by atoms with van der Waals surface area (Å²) in [5, 5.41) is 17.5. The summed E-state index contributed by atoms with van der Waals surface area (Å²) in [6.45, 7) is 5.51. The average molecular weight is 342 g/mol. The summed E-state index contributed by atoms with van der Waals surface area (Å²) in [7, 11) is 0. The molecule has 0 saturated heterocycles. The van der Waals surface area contributed by atoms with Crippen molar-refractivity contribution in [3.05, 3.63) is 64.9 Å². The van der Waals surface area contributed by atoms with Gasteiger partial charge in [0.25, 0.3) is 0 Å². The van der Waals surface area contributed by atoms with Crippen LogP contribution in [0.2, 0.25) is 0 Å². The van der Waals surface area contributed by atoms with Crippen molar-refractivity contribution in [3.63, 3.8) is 0 Å². The predicted molar refractivity (Wildman–Crippen MR) is 98.4 cm³/mol. The van der Waals surface area contributed by atoms with E-state index in [0.29, 0.717) is 5.69 Å². The van der Waals surface area contributed by atoms with E-state index in [1.807, 2.05) is 32.2 Å². The van der Waals surface area contributed by atoms with Crippen LogP contribution in [0.5, 0.6) is 0 Å². The quantitative estimate of drug-likeness (QED) is 0.712. The Balaban J connectivity index is 1.68. The van der Waals surface area contributed by atoms with Crippen molar-refractivity contribution >= 4 is 5.82 Å². The van der Waals surface area contributed by atoms with Crippen LogP contribution in [0.4, 0.5) is 5.82 Å². The average Bonchev–Trinajstić information content (AvgIpc) is 2.70. The Labute approximate surface area is 152 Å². The third kappa shape index (κ3) is 2.78. The Morgan fingerprint density at radius 2 is 1.88 bits per heavy atom. The third-order valence-electron chi connectivity index (χ3n) is 4.96. The molecule has 4 rings (SSSR count). The van der Waals surface area contributed by atoms with Gasteiger partial charge < -0.3 is 4.90 Å². The molecule has 3 aromatic rings. The molecule has 0 unspecified atom stereocenters. The number of nitrogens with zero attached hydrogens (tertiary/aromatic N) is 6. The van der Waals surface area contributed by atoms with E-state index >= 15 is 0 Å². The molecule has 26 heavy (non-hydrogen) atoms. The highest BCUT2D eigenvalue weighted by atomic mass is 15.3. The standard InChI is InChI=1S/C20H18N6/c1-13-14(2)20(25-24-19(13)10-21)26-8-5-18-17(12-26)9-16(11-23-18)15-3-6-22-7-4-15/h3-4,6-7,9,11H,5,8,12H2,1-2H3. The fraction of sp³-hybridized carbons (Fsp3) is 0.250. The highest BCUT2D eigenvalue weighted by Crippen LogP contribution is 2.28. The number of hydrogen-bond acceptors (Lipinski definition) is 6. The van der Waals surface area contributed by atoms with Gasteiger partial charge >= 0.3 is 0 Å². The van der Waals surface area contributed by atoms with Crippen molar-refractivity contribution in [2.45, 2.75) is 26.8 Å². The van der Waals surface area contributed by atoms with E-state index in [1.54, 1.807) is 12.4 Å². The first-order valence-electron chi connectivity index (χ1n) is 8.54. The minimum Gasteiger partial charge on any atom is -0.350 e. The molecule has 0 saturated carbocycles. The molecule has 128 valence electrons. The van der Waals surface area contributed by atoms with Gasteiger partial charge in [-0.1, -0.05) is 0 Å². The van der Waals surface area contributed by atoms with E-state index in [2.05, 4.69) is 37.2 Å². The van der Waals surface area contributed by atoms with Crippen LogP contribution in [0.3, 0.4) is 0 Å². The first-order valence-corrected chi connectivity index (χ1v) is 8.54. The zero-order chi connectivity index (χ0) is 18.1. The Bertz CT molecular complexity index is 1010. The van der Waals surface area contributed by atoms with Gasteiger partial charge in [-0.15, -0.1) is 10.2 Å². The van der Waals surface area contributed by atoms with E-state index in [9.17, 15) is 0 Å². The summed E-state index contributed by atoms with van der Waals surface area (Å²) in [6.07, 6.45) is 6.38. The highest BCUT2D eigenvalue weighted by Gasteiger charge is 2.22. The number of hydrogen-bond donors (Lipinski definition) is 0. The number of nitriles is 1. The largest absolute Gasteiger partial charge is 0.350 e. The van der Waals surface area contributed by atoms with Crippen LogP contribution in [0, 0.1) is 25.2 Å². The fourth-order valence-electron chi connectivity index (χ4n) is 3.31. The maximum atomic E-state index is 9.13. The molecule has 6 nitrogen and oxygen atoms in total. The molecule has 0 fully saturated rings. The summed E-state index contributed by atoms with van der Waals surface area (Å²) in [4.78, 5) is 11.0. The van der Waals surface area contributed by atoms with Gasteiger partial charge in [0.05, 0.1) is 0 Å². The van der Waals surface area contributed by atoms with Crippen LogP contribution >= 0.6 is 0 Å². The van der Waals surface area contributed by atoms with E-state index in [1.165, 1.54) is 5.56 Å². The van der Waals surface area contributed by atoms with Crippen LogP contribution < -0.4 is 4.90 Å². The molecule has 0 aromatic carbocycles. The second kappa shape index (κ2) is 6.52. The van der Waals surface area contributed by atoms with Gasteiger partial charge in [-0.3, -0.25) is 9.97 Å². The van der Waals surface area contributed by atoms with Gasteiger partial charge in [-0.05, 0) is 54.3 Å². The lowest BCUT2D eigenvalue weighted by atomic mass is 10.00. The number of anilines is 1. The van der Waals surface area contributed by atoms with Gasteiger partial charge in [0, 0.05) is 49.4 Å². The van der Waals surface area contributed by atoms with Crippen molar-refractivity contribution in [1.29, 1.82) is 5.26 Å². The molecule has 0 radical (unpaired) electrons. The zero-order valence-corrected chi connectivity index (χ0v) is 14.8. The number of rotatable bonds is 2. The predicted octanol–water partition coefficient (Wildman–Crippen LogP) is 2.98. The number of aromatic nitrogens is 4. The molecule has 1 aliphatic rings. The summed E-state index contributed by atoms with van der Waals surface area (Å²) in [5.41, 5.74) is 6.84. The van der Waals surface area contributed by atoms with E-state index in [-0.39, 0.29) is 0 Å². The Morgan fingerprint density at radius 3 is 2.65 bits per heavy atom. The zero-order valence-electron chi connectivity index (χ0n) is 14.8. The van der Waals surface area contributed by atoms with E-state index < -0.39 is 0 Å². The van der Waals surface area contributed by atoms with Crippen LogP contribution in [0.1, 0.15) is 28.1 Å². The molecule has 3 aromatic heterocycles. The second-order valence-corrected chi connectivity index (χ2v) is 6.47. The Hall–Kier alpha value is -3.33. The maximum Gasteiger partial charge on any atom is 0.166 e. The van der Waals surface area contributed by atoms with Gasteiger partial charge in [0.15, 0.2) is 11.5 Å². The van der Waals surface area contributed by atoms with Gasteiger partial charge in [0.1, 0.15) is 6.07 Å². The summed E-state index contributed by atoms with van der Waals surface area (Å²) in [5.74, 6) is 0.849. The molecule has 0 N–H and O–H groups in total. The Kier molecular flexibility index (Phi) is 4.05. The summed E-state index contributed by atoms with van der Waals surface area (Å²) < 4.78 is 0. The van der Waals surface area contributed by atoms with Crippen molar-refractivity contribution in [2.24, 2.45) is 0 Å². The first kappa shape index (κ1) is 16.2. The van der Waals surface area contributed by atoms with E-state index in [0.717, 1.165) is 53.3 Å². The van der Waals surface area contributed by atoms with Gasteiger partial charge in [-0.25, -0.2) is 0 Å². The lowest BCUT2D eigenvalue weighted by Gasteiger charge is -2.30. The molecule has 6 heteroatoms. The summed E-state index contributed by atoms with van der Waals surface area (Å²) in [6, 6.07) is 8.28. The van der Waals surface area contributed by atoms with E-state index in [4.69, 9.17) is 5.26 Å². The van der Waals surface area contributed by atoms with Crippen LogP contribution in [-0.2, 0) is 13.0 Å². The third-order valence-corrected chi connectivity index (χ3v) is 4.96. The smallest absolute Gasteiger partial charge is 0.166 e. The van der Waals surface area contributed by atoms with Crippen molar-refractivity contribution in [2.75, 3.05) is 11.4 Å². The number of fused-ring (bicyclic) bond motifs is 1. The normalized spacial score (nSPS) is 13.2. The van der Waals surface area contributed by atoms with Crippen molar-refractivity contribution in [3.8, 4) is 17.2 Å². The van der Waals surface area contributed by atoms with Crippen LogP contribution in [0.25, 0.3) is 11.1 Å². The second-order valence-electron chi connectivity index (χ2n) is 6.47. The Morgan fingerprint density at radius 1 is 1.08 bits per heavy atom. The molecular weight excluding hydrogens is 324 g/mol. The lowest BCUT2D eigenvalue weighted by Crippen LogP contribution is -2.32. The van der Waals surface area contributed by atoms with Crippen molar-refractivity contribution < 1.29 is 0 Å². The highest BCUT2D eigenvalue weighted by molar-refractivity contribution is 5.63.